The zero-order chi connectivity index (χ0) is 14.9. The Bertz CT molecular complexity index is 510. The first kappa shape index (κ1) is 14.4. The summed E-state index contributed by atoms with van der Waals surface area (Å²) < 4.78 is 6.07. The van der Waals surface area contributed by atoms with Crippen molar-refractivity contribution in [1.82, 2.24) is 5.32 Å². The van der Waals surface area contributed by atoms with Crippen LogP contribution in [0.2, 0.25) is 0 Å². The Labute approximate surface area is 126 Å². The van der Waals surface area contributed by atoms with Gasteiger partial charge in [-0.1, -0.05) is 17.7 Å². The molecule has 21 heavy (non-hydrogen) atoms. The van der Waals surface area contributed by atoms with Crippen LogP contribution in [-0.2, 0) is 4.79 Å². The van der Waals surface area contributed by atoms with Crippen LogP contribution in [0.5, 0.6) is 5.75 Å². The molecular formula is C17H24N2O2. The third-order valence-corrected chi connectivity index (χ3v) is 4.56. The molecule has 4 nitrogen and oxygen atoms in total. The number of benzene rings is 1. The summed E-state index contributed by atoms with van der Waals surface area (Å²) in [5, 5.41) is 3.48. The van der Waals surface area contributed by atoms with E-state index in [1.165, 1.54) is 5.56 Å². The Morgan fingerprint density at radius 1 is 1.29 bits per heavy atom. The van der Waals surface area contributed by atoms with E-state index in [-0.39, 0.29) is 12.0 Å². The van der Waals surface area contributed by atoms with Gasteiger partial charge in [-0.05, 0) is 51.2 Å². The fraction of sp³-hybridized carbons (Fsp3) is 0.588. The van der Waals surface area contributed by atoms with Gasteiger partial charge in [-0.25, -0.2) is 0 Å². The Morgan fingerprint density at radius 3 is 2.62 bits per heavy atom. The number of nitrogens with two attached hydrogens (primary N) is 1. The molecule has 0 spiro atoms. The summed E-state index contributed by atoms with van der Waals surface area (Å²) in [4.78, 5) is 12.0. The third kappa shape index (κ3) is 3.38. The van der Waals surface area contributed by atoms with Crippen molar-refractivity contribution in [3.63, 3.8) is 0 Å². The van der Waals surface area contributed by atoms with Crippen molar-refractivity contribution in [2.75, 3.05) is 0 Å². The normalized spacial score (nSPS) is 29.1. The van der Waals surface area contributed by atoms with Crippen LogP contribution in [0.15, 0.2) is 24.3 Å². The van der Waals surface area contributed by atoms with Gasteiger partial charge in [0.25, 0.3) is 0 Å². The van der Waals surface area contributed by atoms with Gasteiger partial charge in [-0.15, -0.1) is 0 Å². The van der Waals surface area contributed by atoms with Gasteiger partial charge < -0.3 is 15.8 Å². The lowest BCUT2D eigenvalue weighted by Crippen LogP contribution is -2.60. The number of carbonyl (C=O) groups excluding carboxylic acids is 1. The Balaban J connectivity index is 1.68. The van der Waals surface area contributed by atoms with Crippen molar-refractivity contribution < 1.29 is 9.53 Å². The molecule has 1 aromatic rings. The van der Waals surface area contributed by atoms with Crippen LogP contribution in [0.3, 0.4) is 0 Å². The van der Waals surface area contributed by atoms with Crippen molar-refractivity contribution in [1.29, 1.82) is 0 Å². The molecule has 2 aliphatic carbocycles. The second-order valence-electron chi connectivity index (χ2n) is 6.51. The fourth-order valence-corrected chi connectivity index (χ4v) is 3.18. The number of carbonyl (C=O) groups is 1. The van der Waals surface area contributed by atoms with E-state index in [2.05, 4.69) is 12.2 Å². The van der Waals surface area contributed by atoms with Gasteiger partial charge in [0, 0.05) is 12.5 Å². The number of hydrogen-bond donors (Lipinski definition) is 2. The average molecular weight is 288 g/mol. The number of nitrogens with one attached hydrogen (secondary N) is 1. The first-order valence-electron chi connectivity index (χ1n) is 7.88. The van der Waals surface area contributed by atoms with Crippen LogP contribution in [-0.4, -0.2) is 23.6 Å². The summed E-state index contributed by atoms with van der Waals surface area (Å²) in [7, 11) is 0. The molecule has 0 radical (unpaired) electrons. The summed E-state index contributed by atoms with van der Waals surface area (Å²) in [6, 6.07) is 8.54. The van der Waals surface area contributed by atoms with Gasteiger partial charge in [0.15, 0.2) is 0 Å². The molecule has 0 aliphatic heterocycles. The molecule has 2 atom stereocenters. The third-order valence-electron chi connectivity index (χ3n) is 4.56. The highest BCUT2D eigenvalue weighted by Crippen LogP contribution is 2.34. The molecular weight excluding hydrogens is 264 g/mol. The second-order valence-corrected chi connectivity index (χ2v) is 6.51. The molecule has 114 valence electrons. The minimum absolute atomic E-state index is 0.0557. The lowest BCUT2D eigenvalue weighted by Gasteiger charge is -2.39. The van der Waals surface area contributed by atoms with E-state index in [1.54, 1.807) is 0 Å². The Kier molecular flexibility index (Phi) is 3.89. The van der Waals surface area contributed by atoms with Gasteiger partial charge in [-0.2, -0.15) is 0 Å². The molecule has 0 heterocycles. The quantitative estimate of drug-likeness (QED) is 0.873. The van der Waals surface area contributed by atoms with Crippen LogP contribution in [0, 0.1) is 6.92 Å². The molecule has 2 saturated carbocycles. The van der Waals surface area contributed by atoms with E-state index in [4.69, 9.17) is 10.5 Å². The minimum atomic E-state index is -0.575. The van der Waals surface area contributed by atoms with Gasteiger partial charge in [0.1, 0.15) is 17.4 Å². The molecule has 2 fully saturated rings. The highest BCUT2D eigenvalue weighted by atomic mass is 16.5. The molecule has 3 rings (SSSR count). The van der Waals surface area contributed by atoms with Crippen LogP contribution in [0.4, 0.5) is 0 Å². The SMILES string of the molecule is Cc1ccc(OC2CCCC(NC3CC3)(C(N)=O)C2)cc1. The lowest BCUT2D eigenvalue weighted by atomic mass is 9.79. The van der Waals surface area contributed by atoms with Crippen LogP contribution >= 0.6 is 0 Å². The van der Waals surface area contributed by atoms with Crippen molar-refractivity contribution in [3.05, 3.63) is 29.8 Å². The van der Waals surface area contributed by atoms with Gasteiger partial charge in [-0.3, -0.25) is 4.79 Å². The summed E-state index contributed by atoms with van der Waals surface area (Å²) in [5.74, 6) is 0.642. The van der Waals surface area contributed by atoms with E-state index >= 15 is 0 Å². The van der Waals surface area contributed by atoms with Crippen LogP contribution in [0.1, 0.15) is 44.1 Å². The Hall–Kier alpha value is -1.55. The van der Waals surface area contributed by atoms with E-state index in [0.717, 1.165) is 37.9 Å². The molecule has 0 saturated heterocycles. The highest BCUT2D eigenvalue weighted by molar-refractivity contribution is 5.85. The first-order chi connectivity index (χ1) is 10.1. The minimum Gasteiger partial charge on any atom is -0.490 e. The number of rotatable bonds is 5. The second kappa shape index (κ2) is 5.68. The molecule has 1 aromatic carbocycles. The Morgan fingerprint density at radius 2 is 2.00 bits per heavy atom. The van der Waals surface area contributed by atoms with Gasteiger partial charge >= 0.3 is 0 Å². The van der Waals surface area contributed by atoms with E-state index < -0.39 is 5.54 Å². The highest BCUT2D eigenvalue weighted by Gasteiger charge is 2.45. The number of ether oxygens (including phenoxy) is 1. The molecule has 4 heteroatoms. The maximum atomic E-state index is 12.0. The maximum absolute atomic E-state index is 12.0. The van der Waals surface area contributed by atoms with E-state index in [1.807, 2.05) is 24.3 Å². The van der Waals surface area contributed by atoms with Crippen molar-refractivity contribution in [3.8, 4) is 5.75 Å². The van der Waals surface area contributed by atoms with Crippen molar-refractivity contribution in [2.45, 2.75) is 63.1 Å². The molecule has 3 N–H and O–H groups in total. The zero-order valence-corrected chi connectivity index (χ0v) is 12.6. The summed E-state index contributed by atoms with van der Waals surface area (Å²) in [5.41, 5.74) is 6.34. The van der Waals surface area contributed by atoms with Crippen molar-refractivity contribution in [2.24, 2.45) is 5.73 Å². The molecule has 2 aliphatic rings. The standard InChI is InChI=1S/C17H24N2O2/c1-12-4-8-14(9-5-12)21-15-3-2-10-17(11-15,16(18)20)19-13-6-7-13/h4-5,8-9,13,15,19H,2-3,6-7,10-11H2,1H3,(H2,18,20). The fourth-order valence-electron chi connectivity index (χ4n) is 3.18. The molecule has 1 amide bonds. The number of hydrogen-bond acceptors (Lipinski definition) is 3. The largest absolute Gasteiger partial charge is 0.490 e. The number of primary amides is 1. The van der Waals surface area contributed by atoms with Gasteiger partial charge in [0.2, 0.25) is 5.91 Å². The molecule has 2 unspecified atom stereocenters. The van der Waals surface area contributed by atoms with E-state index in [9.17, 15) is 4.79 Å². The smallest absolute Gasteiger partial charge is 0.237 e. The van der Waals surface area contributed by atoms with Crippen LogP contribution < -0.4 is 15.8 Å². The predicted octanol–water partition coefficient (Wildman–Crippen LogP) is 2.29. The number of amides is 1. The number of aryl methyl sites for hydroxylation is 1. The zero-order valence-electron chi connectivity index (χ0n) is 12.6. The topological polar surface area (TPSA) is 64.3 Å². The summed E-state index contributed by atoms with van der Waals surface area (Å²) in [6.45, 7) is 2.06. The van der Waals surface area contributed by atoms with Crippen molar-refractivity contribution >= 4 is 5.91 Å². The summed E-state index contributed by atoms with van der Waals surface area (Å²) in [6.07, 6.45) is 5.81. The monoisotopic (exact) mass is 288 g/mol. The molecule has 0 bridgehead atoms. The molecule has 0 aromatic heterocycles. The average Bonchev–Trinajstić information content (AvgIpc) is 3.25. The van der Waals surface area contributed by atoms with Gasteiger partial charge in [0.05, 0.1) is 0 Å². The first-order valence-corrected chi connectivity index (χ1v) is 7.88. The predicted molar refractivity (Wildman–Crippen MR) is 82.1 cm³/mol. The lowest BCUT2D eigenvalue weighted by molar-refractivity contribution is -0.127. The summed E-state index contributed by atoms with van der Waals surface area (Å²) >= 11 is 0. The van der Waals surface area contributed by atoms with Crippen LogP contribution in [0.25, 0.3) is 0 Å². The maximum Gasteiger partial charge on any atom is 0.237 e. The van der Waals surface area contributed by atoms with E-state index in [0.29, 0.717) is 12.5 Å².